The molecule has 6 heteroatoms. The summed E-state index contributed by atoms with van der Waals surface area (Å²) in [6.07, 6.45) is 2.77. The standard InChI is InChI=1S/C13H16O5S/c1-9-4-5-11(19(15,16)17)7-10(9)8-12(14)13-3-2-6-18-13/h2-5,7,12-14H,6,8H2,1H3,(H,15,16,17)/t12?,13-/m0/s1. The van der Waals surface area contributed by atoms with Crippen molar-refractivity contribution in [2.24, 2.45) is 0 Å². The molecule has 1 aromatic rings. The van der Waals surface area contributed by atoms with Crippen LogP contribution in [0.3, 0.4) is 0 Å². The van der Waals surface area contributed by atoms with E-state index < -0.39 is 16.2 Å². The predicted octanol–water partition coefficient (Wildman–Crippen LogP) is 1.10. The molecule has 1 aliphatic heterocycles. The molecule has 0 amide bonds. The third-order valence-electron chi connectivity index (χ3n) is 3.14. The van der Waals surface area contributed by atoms with E-state index in [1.54, 1.807) is 12.1 Å². The second-order valence-corrected chi connectivity index (χ2v) is 5.98. The highest BCUT2D eigenvalue weighted by atomic mass is 32.2. The summed E-state index contributed by atoms with van der Waals surface area (Å²) in [7, 11) is -4.22. The van der Waals surface area contributed by atoms with E-state index in [4.69, 9.17) is 9.29 Å². The van der Waals surface area contributed by atoms with E-state index in [0.29, 0.717) is 12.2 Å². The summed E-state index contributed by atoms with van der Waals surface area (Å²) < 4.78 is 36.5. The van der Waals surface area contributed by atoms with Crippen molar-refractivity contribution >= 4 is 10.1 Å². The maximum absolute atomic E-state index is 11.1. The number of aryl methyl sites for hydroxylation is 1. The van der Waals surface area contributed by atoms with Crippen LogP contribution in [0.25, 0.3) is 0 Å². The van der Waals surface area contributed by atoms with E-state index in [-0.39, 0.29) is 17.4 Å². The van der Waals surface area contributed by atoms with Crippen molar-refractivity contribution < 1.29 is 22.8 Å². The minimum Gasteiger partial charge on any atom is -0.390 e. The molecule has 0 aliphatic carbocycles. The first kappa shape index (κ1) is 14.2. The van der Waals surface area contributed by atoms with Crippen LogP contribution in [-0.2, 0) is 21.3 Å². The van der Waals surface area contributed by atoms with E-state index in [1.165, 1.54) is 12.1 Å². The SMILES string of the molecule is Cc1ccc(S(=O)(=O)O)cc1CC(O)[C@@H]1C=CCO1. The van der Waals surface area contributed by atoms with Gasteiger partial charge in [0.2, 0.25) is 0 Å². The quantitative estimate of drug-likeness (QED) is 0.639. The van der Waals surface area contributed by atoms with E-state index in [1.807, 2.05) is 13.0 Å². The number of aliphatic hydroxyl groups excluding tert-OH is 1. The average Bonchev–Trinajstić information content (AvgIpc) is 2.84. The lowest BCUT2D eigenvalue weighted by Crippen LogP contribution is -2.27. The molecular formula is C13H16O5S. The van der Waals surface area contributed by atoms with Crippen LogP contribution in [0, 0.1) is 6.92 Å². The van der Waals surface area contributed by atoms with E-state index in [2.05, 4.69) is 0 Å². The van der Waals surface area contributed by atoms with Gasteiger partial charge in [-0.05, 0) is 30.2 Å². The van der Waals surface area contributed by atoms with Gasteiger partial charge >= 0.3 is 0 Å². The van der Waals surface area contributed by atoms with Crippen LogP contribution >= 0.6 is 0 Å². The van der Waals surface area contributed by atoms with Crippen molar-refractivity contribution in [1.29, 1.82) is 0 Å². The van der Waals surface area contributed by atoms with Crippen molar-refractivity contribution in [3.63, 3.8) is 0 Å². The Morgan fingerprint density at radius 3 is 2.79 bits per heavy atom. The highest BCUT2D eigenvalue weighted by molar-refractivity contribution is 7.85. The van der Waals surface area contributed by atoms with Gasteiger partial charge in [0.25, 0.3) is 10.1 Å². The largest absolute Gasteiger partial charge is 0.390 e. The van der Waals surface area contributed by atoms with Crippen molar-refractivity contribution in [2.45, 2.75) is 30.4 Å². The lowest BCUT2D eigenvalue weighted by molar-refractivity contribution is 0.0139. The molecule has 0 fully saturated rings. The third-order valence-corrected chi connectivity index (χ3v) is 3.99. The van der Waals surface area contributed by atoms with Gasteiger partial charge in [-0.1, -0.05) is 18.2 Å². The molecule has 0 saturated heterocycles. The summed E-state index contributed by atoms with van der Waals surface area (Å²) in [6, 6.07) is 4.33. The summed E-state index contributed by atoms with van der Waals surface area (Å²) in [5.41, 5.74) is 1.53. The Morgan fingerprint density at radius 2 is 2.21 bits per heavy atom. The first-order valence-corrected chi connectivity index (χ1v) is 7.35. The van der Waals surface area contributed by atoms with Crippen molar-refractivity contribution in [1.82, 2.24) is 0 Å². The zero-order valence-corrected chi connectivity index (χ0v) is 11.3. The molecule has 1 unspecified atom stereocenters. The topological polar surface area (TPSA) is 83.8 Å². The zero-order chi connectivity index (χ0) is 14.0. The summed E-state index contributed by atoms with van der Waals surface area (Å²) in [5, 5.41) is 10.0. The molecule has 2 rings (SSSR count). The smallest absolute Gasteiger partial charge is 0.294 e. The van der Waals surface area contributed by atoms with E-state index in [9.17, 15) is 13.5 Å². The van der Waals surface area contributed by atoms with Crippen LogP contribution in [0.2, 0.25) is 0 Å². The summed E-state index contributed by atoms with van der Waals surface area (Å²) in [5.74, 6) is 0. The fraction of sp³-hybridized carbons (Fsp3) is 0.385. The number of hydrogen-bond acceptors (Lipinski definition) is 4. The van der Waals surface area contributed by atoms with Gasteiger partial charge in [0.15, 0.2) is 0 Å². The molecule has 1 heterocycles. The van der Waals surface area contributed by atoms with E-state index in [0.717, 1.165) is 5.56 Å². The molecule has 0 radical (unpaired) electrons. The molecule has 2 atom stereocenters. The van der Waals surface area contributed by atoms with E-state index >= 15 is 0 Å². The fourth-order valence-electron chi connectivity index (χ4n) is 2.02. The number of aliphatic hydroxyl groups is 1. The number of hydrogen-bond donors (Lipinski definition) is 2. The van der Waals surface area contributed by atoms with Crippen LogP contribution in [-0.4, -0.2) is 36.9 Å². The van der Waals surface area contributed by atoms with Crippen LogP contribution in [0.5, 0.6) is 0 Å². The lowest BCUT2D eigenvalue weighted by Gasteiger charge is -2.18. The van der Waals surface area contributed by atoms with Gasteiger partial charge < -0.3 is 9.84 Å². The van der Waals surface area contributed by atoms with Gasteiger partial charge in [0.05, 0.1) is 17.6 Å². The molecule has 2 N–H and O–H groups in total. The van der Waals surface area contributed by atoms with Gasteiger partial charge in [0, 0.05) is 6.42 Å². The summed E-state index contributed by atoms with van der Waals surface area (Å²) >= 11 is 0. The van der Waals surface area contributed by atoms with Crippen molar-refractivity contribution in [2.75, 3.05) is 6.61 Å². The van der Waals surface area contributed by atoms with Crippen molar-refractivity contribution in [3.8, 4) is 0 Å². The van der Waals surface area contributed by atoms with Gasteiger partial charge in [-0.15, -0.1) is 0 Å². The Kier molecular flexibility index (Phi) is 4.05. The minimum atomic E-state index is -4.22. The zero-order valence-electron chi connectivity index (χ0n) is 10.5. The Labute approximate surface area is 112 Å². The number of ether oxygens (including phenoxy) is 1. The van der Waals surface area contributed by atoms with Gasteiger partial charge in [-0.3, -0.25) is 4.55 Å². The summed E-state index contributed by atoms with van der Waals surface area (Å²) in [4.78, 5) is -0.164. The molecule has 5 nitrogen and oxygen atoms in total. The van der Waals surface area contributed by atoms with Crippen molar-refractivity contribution in [3.05, 3.63) is 41.5 Å². The highest BCUT2D eigenvalue weighted by Crippen LogP contribution is 2.19. The van der Waals surface area contributed by atoms with Gasteiger partial charge in [-0.25, -0.2) is 0 Å². The van der Waals surface area contributed by atoms with Crippen LogP contribution in [0.15, 0.2) is 35.2 Å². The third kappa shape index (κ3) is 3.42. The van der Waals surface area contributed by atoms with Gasteiger partial charge in [0.1, 0.15) is 6.10 Å². The second-order valence-electron chi connectivity index (χ2n) is 4.56. The maximum atomic E-state index is 11.1. The Bertz CT molecular complexity index is 591. The molecule has 104 valence electrons. The molecule has 1 aromatic carbocycles. The first-order valence-electron chi connectivity index (χ1n) is 5.91. The minimum absolute atomic E-state index is 0.164. The summed E-state index contributed by atoms with van der Waals surface area (Å²) in [6.45, 7) is 2.30. The fourth-order valence-corrected chi connectivity index (χ4v) is 2.55. The molecule has 0 saturated carbocycles. The molecular weight excluding hydrogens is 268 g/mol. The second kappa shape index (κ2) is 5.42. The highest BCUT2D eigenvalue weighted by Gasteiger charge is 2.21. The molecule has 0 spiro atoms. The predicted molar refractivity (Wildman–Crippen MR) is 69.6 cm³/mol. The van der Waals surface area contributed by atoms with Crippen LogP contribution < -0.4 is 0 Å². The lowest BCUT2D eigenvalue weighted by atomic mass is 10.00. The van der Waals surface area contributed by atoms with Crippen LogP contribution in [0.1, 0.15) is 11.1 Å². The number of rotatable bonds is 4. The Balaban J connectivity index is 2.21. The van der Waals surface area contributed by atoms with Gasteiger partial charge in [-0.2, -0.15) is 8.42 Å². The maximum Gasteiger partial charge on any atom is 0.294 e. The molecule has 0 bridgehead atoms. The molecule has 0 aromatic heterocycles. The van der Waals surface area contributed by atoms with Crippen LogP contribution in [0.4, 0.5) is 0 Å². The average molecular weight is 284 g/mol. The molecule has 19 heavy (non-hydrogen) atoms. The molecule has 1 aliphatic rings. The Morgan fingerprint density at radius 1 is 1.47 bits per heavy atom. The Hall–Kier alpha value is -1.21. The normalized spacial score (nSPS) is 20.7. The monoisotopic (exact) mass is 284 g/mol. The first-order chi connectivity index (χ1) is 8.88. The number of benzene rings is 1.